The van der Waals surface area contributed by atoms with Crippen LogP contribution >= 0.6 is 0 Å². The molecule has 1 aromatic heterocycles. The highest BCUT2D eigenvalue weighted by Crippen LogP contribution is 2.12. The molecule has 2 rings (SSSR count). The van der Waals surface area contributed by atoms with Gasteiger partial charge in [-0.05, 0) is 32.1 Å². The third-order valence-corrected chi connectivity index (χ3v) is 2.46. The predicted molar refractivity (Wildman–Crippen MR) is 74.1 cm³/mol. The number of rotatable bonds is 3. The smallest absolute Gasteiger partial charge is 0.244 e. The number of fused-ring (bicyclic) bond motifs is 1. The minimum absolute atomic E-state index is 0.0973. The molecule has 3 nitrogen and oxygen atoms in total. The van der Waals surface area contributed by atoms with Gasteiger partial charge in [0.25, 0.3) is 0 Å². The minimum Gasteiger partial charge on any atom is -0.350 e. The van der Waals surface area contributed by atoms with Gasteiger partial charge in [-0.3, -0.25) is 4.79 Å². The summed E-state index contributed by atoms with van der Waals surface area (Å²) in [5, 5.41) is 3.90. The van der Waals surface area contributed by atoms with Gasteiger partial charge >= 0.3 is 0 Å². The molecule has 0 spiro atoms. The SMILES string of the molecule is CC(C)NC(=O)/C=C/c1ccc2ccccc2n1. The Morgan fingerprint density at radius 2 is 2.00 bits per heavy atom. The van der Waals surface area contributed by atoms with Crippen molar-refractivity contribution in [1.29, 1.82) is 0 Å². The van der Waals surface area contributed by atoms with Crippen LogP contribution in [0.15, 0.2) is 42.5 Å². The van der Waals surface area contributed by atoms with Crippen molar-refractivity contribution < 1.29 is 4.79 Å². The molecule has 0 fully saturated rings. The fourth-order valence-electron chi connectivity index (χ4n) is 1.67. The number of para-hydroxylation sites is 1. The number of pyridine rings is 1. The van der Waals surface area contributed by atoms with Crippen LogP contribution in [-0.2, 0) is 4.79 Å². The lowest BCUT2D eigenvalue weighted by atomic mass is 10.2. The van der Waals surface area contributed by atoms with Crippen molar-refractivity contribution >= 4 is 22.9 Å². The van der Waals surface area contributed by atoms with Crippen molar-refractivity contribution in [3.05, 3.63) is 48.2 Å². The molecule has 92 valence electrons. The number of amides is 1. The van der Waals surface area contributed by atoms with Crippen LogP contribution in [-0.4, -0.2) is 16.9 Å². The average Bonchev–Trinajstić information content (AvgIpc) is 2.35. The van der Waals surface area contributed by atoms with E-state index >= 15 is 0 Å². The summed E-state index contributed by atoms with van der Waals surface area (Å²) in [6.07, 6.45) is 3.24. The van der Waals surface area contributed by atoms with E-state index in [4.69, 9.17) is 0 Å². The molecule has 2 aromatic rings. The average molecular weight is 240 g/mol. The lowest BCUT2D eigenvalue weighted by Gasteiger charge is -2.04. The second-order valence-electron chi connectivity index (χ2n) is 4.43. The lowest BCUT2D eigenvalue weighted by Crippen LogP contribution is -2.28. The molecule has 0 bridgehead atoms. The van der Waals surface area contributed by atoms with Crippen LogP contribution in [0.4, 0.5) is 0 Å². The van der Waals surface area contributed by atoms with Crippen LogP contribution in [0, 0.1) is 0 Å². The number of carbonyl (C=O) groups is 1. The minimum atomic E-state index is -0.0973. The van der Waals surface area contributed by atoms with E-state index < -0.39 is 0 Å². The second kappa shape index (κ2) is 5.45. The Labute approximate surface area is 107 Å². The third kappa shape index (κ3) is 3.17. The maximum Gasteiger partial charge on any atom is 0.244 e. The molecule has 0 saturated heterocycles. The van der Waals surface area contributed by atoms with E-state index in [1.807, 2.05) is 50.2 Å². The quantitative estimate of drug-likeness (QED) is 0.838. The molecule has 1 amide bonds. The van der Waals surface area contributed by atoms with Crippen LogP contribution in [0.25, 0.3) is 17.0 Å². The third-order valence-electron chi connectivity index (χ3n) is 2.46. The summed E-state index contributed by atoms with van der Waals surface area (Å²) in [6, 6.07) is 12.0. The summed E-state index contributed by atoms with van der Waals surface area (Å²) in [7, 11) is 0. The summed E-state index contributed by atoms with van der Waals surface area (Å²) in [5.74, 6) is -0.0973. The Morgan fingerprint density at radius 3 is 2.78 bits per heavy atom. The molecule has 1 aromatic carbocycles. The van der Waals surface area contributed by atoms with E-state index in [2.05, 4.69) is 10.3 Å². The van der Waals surface area contributed by atoms with E-state index in [-0.39, 0.29) is 11.9 Å². The van der Waals surface area contributed by atoms with Gasteiger partial charge in [0.2, 0.25) is 5.91 Å². The first kappa shape index (κ1) is 12.3. The van der Waals surface area contributed by atoms with Crippen molar-refractivity contribution in [3.63, 3.8) is 0 Å². The predicted octanol–water partition coefficient (Wildman–Crippen LogP) is 2.77. The zero-order valence-electron chi connectivity index (χ0n) is 10.6. The fourth-order valence-corrected chi connectivity index (χ4v) is 1.67. The zero-order valence-corrected chi connectivity index (χ0v) is 10.6. The zero-order chi connectivity index (χ0) is 13.0. The van der Waals surface area contributed by atoms with Crippen LogP contribution in [0.3, 0.4) is 0 Å². The number of nitrogens with zero attached hydrogens (tertiary/aromatic N) is 1. The monoisotopic (exact) mass is 240 g/mol. The van der Waals surface area contributed by atoms with Crippen molar-refractivity contribution in [1.82, 2.24) is 10.3 Å². The van der Waals surface area contributed by atoms with Crippen LogP contribution in [0.5, 0.6) is 0 Å². The lowest BCUT2D eigenvalue weighted by molar-refractivity contribution is -0.116. The normalized spacial score (nSPS) is 11.3. The number of benzene rings is 1. The van der Waals surface area contributed by atoms with Gasteiger partial charge in [-0.2, -0.15) is 0 Å². The first-order valence-corrected chi connectivity index (χ1v) is 5.99. The first-order valence-electron chi connectivity index (χ1n) is 5.99. The Hall–Kier alpha value is -2.16. The van der Waals surface area contributed by atoms with Gasteiger partial charge in [-0.25, -0.2) is 4.98 Å². The molecule has 0 aliphatic heterocycles. The molecular weight excluding hydrogens is 224 g/mol. The first-order chi connectivity index (χ1) is 8.65. The summed E-state index contributed by atoms with van der Waals surface area (Å²) in [6.45, 7) is 3.86. The van der Waals surface area contributed by atoms with Gasteiger partial charge in [0.1, 0.15) is 0 Å². The van der Waals surface area contributed by atoms with Crippen LogP contribution in [0.2, 0.25) is 0 Å². The summed E-state index contributed by atoms with van der Waals surface area (Å²) < 4.78 is 0. The number of hydrogen-bond donors (Lipinski definition) is 1. The highest BCUT2D eigenvalue weighted by molar-refractivity contribution is 5.92. The number of nitrogens with one attached hydrogen (secondary N) is 1. The molecule has 0 atom stereocenters. The molecule has 1 N–H and O–H groups in total. The van der Waals surface area contributed by atoms with Crippen molar-refractivity contribution in [3.8, 4) is 0 Å². The summed E-state index contributed by atoms with van der Waals surface area (Å²) >= 11 is 0. The van der Waals surface area contributed by atoms with Gasteiger partial charge in [0, 0.05) is 17.5 Å². The Bertz CT molecular complexity index is 588. The Balaban J connectivity index is 2.17. The molecule has 0 radical (unpaired) electrons. The maximum atomic E-state index is 11.5. The molecule has 18 heavy (non-hydrogen) atoms. The van der Waals surface area contributed by atoms with E-state index in [1.165, 1.54) is 6.08 Å². The van der Waals surface area contributed by atoms with Gasteiger partial charge in [0.05, 0.1) is 11.2 Å². The van der Waals surface area contributed by atoms with E-state index in [0.717, 1.165) is 16.6 Å². The molecule has 0 aliphatic carbocycles. The molecule has 3 heteroatoms. The standard InChI is InChI=1S/C15H16N2O/c1-11(2)16-15(18)10-9-13-8-7-12-5-3-4-6-14(12)17-13/h3-11H,1-2H3,(H,16,18)/b10-9+. The van der Waals surface area contributed by atoms with Crippen LogP contribution in [0.1, 0.15) is 19.5 Å². The second-order valence-corrected chi connectivity index (χ2v) is 4.43. The highest BCUT2D eigenvalue weighted by Gasteiger charge is 1.98. The molecular formula is C15H16N2O. The summed E-state index contributed by atoms with van der Waals surface area (Å²) in [5.41, 5.74) is 1.72. The van der Waals surface area contributed by atoms with Gasteiger partial charge in [0.15, 0.2) is 0 Å². The van der Waals surface area contributed by atoms with Crippen molar-refractivity contribution in [2.45, 2.75) is 19.9 Å². The largest absolute Gasteiger partial charge is 0.350 e. The Kier molecular flexibility index (Phi) is 3.72. The maximum absolute atomic E-state index is 11.5. The number of carbonyl (C=O) groups excluding carboxylic acids is 1. The number of aromatic nitrogens is 1. The van der Waals surface area contributed by atoms with Gasteiger partial charge in [-0.1, -0.05) is 24.3 Å². The summed E-state index contributed by atoms with van der Waals surface area (Å²) in [4.78, 5) is 15.9. The van der Waals surface area contributed by atoms with E-state index in [9.17, 15) is 4.79 Å². The molecule has 0 aliphatic rings. The van der Waals surface area contributed by atoms with Gasteiger partial charge < -0.3 is 5.32 Å². The van der Waals surface area contributed by atoms with Gasteiger partial charge in [-0.15, -0.1) is 0 Å². The topological polar surface area (TPSA) is 42.0 Å². The highest BCUT2D eigenvalue weighted by atomic mass is 16.1. The molecule has 1 heterocycles. The van der Waals surface area contributed by atoms with Crippen molar-refractivity contribution in [2.75, 3.05) is 0 Å². The fraction of sp³-hybridized carbons (Fsp3) is 0.200. The number of hydrogen-bond acceptors (Lipinski definition) is 2. The van der Waals surface area contributed by atoms with E-state index in [0.29, 0.717) is 0 Å². The van der Waals surface area contributed by atoms with Crippen LogP contribution < -0.4 is 5.32 Å². The Morgan fingerprint density at radius 1 is 1.22 bits per heavy atom. The van der Waals surface area contributed by atoms with E-state index in [1.54, 1.807) is 6.08 Å². The molecule has 0 unspecified atom stereocenters. The molecule has 0 saturated carbocycles. The van der Waals surface area contributed by atoms with Crippen molar-refractivity contribution in [2.24, 2.45) is 0 Å².